The maximum atomic E-state index is 11.7. The molecule has 0 radical (unpaired) electrons. The molecule has 3 unspecified atom stereocenters. The quantitative estimate of drug-likeness (QED) is 0.887. The van der Waals surface area contributed by atoms with E-state index in [4.69, 9.17) is 4.74 Å². The van der Waals surface area contributed by atoms with Crippen molar-refractivity contribution in [3.05, 3.63) is 29.8 Å². The molecule has 3 rings (SSSR count). The Morgan fingerprint density at radius 2 is 1.95 bits per heavy atom. The largest absolute Gasteiger partial charge is 0.491 e. The van der Waals surface area contributed by atoms with Crippen LogP contribution >= 0.6 is 0 Å². The van der Waals surface area contributed by atoms with Crippen molar-refractivity contribution in [2.45, 2.75) is 65.6 Å². The highest BCUT2D eigenvalue weighted by atomic mass is 16.5. The lowest BCUT2D eigenvalue weighted by Crippen LogP contribution is -2.51. The van der Waals surface area contributed by atoms with Crippen LogP contribution in [0.4, 0.5) is 0 Å². The Bertz CT molecular complexity index is 541. The lowest BCUT2D eigenvalue weighted by atomic mass is 9.58. The van der Waals surface area contributed by atoms with Crippen molar-refractivity contribution in [2.24, 2.45) is 16.7 Å². The van der Waals surface area contributed by atoms with Gasteiger partial charge >= 0.3 is 0 Å². The van der Waals surface area contributed by atoms with E-state index in [1.807, 2.05) is 32.0 Å². The van der Waals surface area contributed by atoms with E-state index in [1.54, 1.807) is 0 Å². The van der Waals surface area contributed by atoms with E-state index < -0.39 is 5.60 Å². The van der Waals surface area contributed by atoms with E-state index in [2.05, 4.69) is 26.8 Å². The molecule has 3 atom stereocenters. The van der Waals surface area contributed by atoms with E-state index in [0.29, 0.717) is 5.92 Å². The number of aliphatic hydroxyl groups is 1. The fourth-order valence-electron chi connectivity index (χ4n) is 5.05. The Balaban J connectivity index is 2.06. The van der Waals surface area contributed by atoms with Gasteiger partial charge in [0.15, 0.2) is 0 Å². The van der Waals surface area contributed by atoms with Gasteiger partial charge in [0, 0.05) is 10.8 Å². The van der Waals surface area contributed by atoms with Crippen LogP contribution in [0.2, 0.25) is 0 Å². The predicted octanol–water partition coefficient (Wildman–Crippen LogP) is 4.51. The fraction of sp³-hybridized carbons (Fsp3) is 0.684. The summed E-state index contributed by atoms with van der Waals surface area (Å²) < 4.78 is 5.83. The van der Waals surface area contributed by atoms with Crippen molar-refractivity contribution in [1.82, 2.24) is 0 Å². The van der Waals surface area contributed by atoms with E-state index in [1.165, 1.54) is 6.42 Å². The lowest BCUT2D eigenvalue weighted by molar-refractivity contribution is -0.150. The highest BCUT2D eigenvalue weighted by molar-refractivity contribution is 5.38. The standard InChI is InChI=1S/C19H28O2/c1-13(2)21-16-8-6-7-14(11-16)19(20)17(3,4)15-9-10-18(19,5)12-15/h6-8,11,13,15,20H,9-10,12H2,1-5H3. The van der Waals surface area contributed by atoms with Crippen molar-refractivity contribution in [2.75, 3.05) is 0 Å². The molecule has 0 heterocycles. The van der Waals surface area contributed by atoms with Crippen molar-refractivity contribution in [1.29, 1.82) is 0 Å². The minimum atomic E-state index is -0.765. The van der Waals surface area contributed by atoms with Crippen molar-refractivity contribution in [3.8, 4) is 5.75 Å². The highest BCUT2D eigenvalue weighted by Gasteiger charge is 2.68. The summed E-state index contributed by atoms with van der Waals surface area (Å²) in [7, 11) is 0. The number of rotatable bonds is 3. The van der Waals surface area contributed by atoms with Crippen LogP contribution < -0.4 is 4.74 Å². The fourth-order valence-corrected chi connectivity index (χ4v) is 5.05. The third-order valence-electron chi connectivity index (χ3n) is 6.19. The van der Waals surface area contributed by atoms with Crippen LogP contribution in [0.5, 0.6) is 5.75 Å². The normalized spacial score (nSPS) is 37.2. The third-order valence-corrected chi connectivity index (χ3v) is 6.19. The van der Waals surface area contributed by atoms with E-state index in [9.17, 15) is 5.11 Å². The van der Waals surface area contributed by atoms with Gasteiger partial charge in [-0.15, -0.1) is 0 Å². The topological polar surface area (TPSA) is 29.5 Å². The minimum Gasteiger partial charge on any atom is -0.491 e. The van der Waals surface area contributed by atoms with Crippen LogP contribution in [0, 0.1) is 16.7 Å². The minimum absolute atomic E-state index is 0.0162. The summed E-state index contributed by atoms with van der Waals surface area (Å²) in [5.41, 5.74) is 0.156. The van der Waals surface area contributed by atoms with Gasteiger partial charge in [0.25, 0.3) is 0 Å². The van der Waals surface area contributed by atoms with Gasteiger partial charge in [-0.3, -0.25) is 0 Å². The molecule has 2 bridgehead atoms. The van der Waals surface area contributed by atoms with E-state index in [0.717, 1.165) is 24.2 Å². The zero-order valence-electron chi connectivity index (χ0n) is 13.9. The number of ether oxygens (including phenoxy) is 1. The molecule has 0 saturated heterocycles. The average molecular weight is 288 g/mol. The maximum Gasteiger partial charge on any atom is 0.120 e. The van der Waals surface area contributed by atoms with Crippen LogP contribution in [-0.4, -0.2) is 11.2 Å². The lowest BCUT2D eigenvalue weighted by Gasteiger charge is -2.51. The molecule has 0 aromatic heterocycles. The third kappa shape index (κ3) is 1.88. The van der Waals surface area contributed by atoms with Gasteiger partial charge in [0.05, 0.1) is 6.10 Å². The van der Waals surface area contributed by atoms with Gasteiger partial charge in [0.1, 0.15) is 11.4 Å². The van der Waals surface area contributed by atoms with Gasteiger partial charge < -0.3 is 9.84 Å². The van der Waals surface area contributed by atoms with Gasteiger partial charge in [0.2, 0.25) is 0 Å². The summed E-state index contributed by atoms with van der Waals surface area (Å²) >= 11 is 0. The molecule has 2 saturated carbocycles. The van der Waals surface area contributed by atoms with Crippen molar-refractivity contribution < 1.29 is 9.84 Å². The molecule has 0 spiro atoms. The van der Waals surface area contributed by atoms with Crippen LogP contribution in [0.15, 0.2) is 24.3 Å². The molecule has 2 nitrogen and oxygen atoms in total. The average Bonchev–Trinajstić information content (AvgIpc) is 2.86. The molecule has 116 valence electrons. The first-order valence-electron chi connectivity index (χ1n) is 8.20. The monoisotopic (exact) mass is 288 g/mol. The Morgan fingerprint density at radius 3 is 2.52 bits per heavy atom. The molecule has 1 N–H and O–H groups in total. The van der Waals surface area contributed by atoms with Crippen LogP contribution in [0.25, 0.3) is 0 Å². The molecular weight excluding hydrogens is 260 g/mol. The molecule has 0 amide bonds. The summed E-state index contributed by atoms with van der Waals surface area (Å²) in [6.45, 7) is 10.8. The van der Waals surface area contributed by atoms with E-state index in [-0.39, 0.29) is 16.9 Å². The summed E-state index contributed by atoms with van der Waals surface area (Å²) in [6.07, 6.45) is 3.64. The first-order valence-corrected chi connectivity index (χ1v) is 8.20. The van der Waals surface area contributed by atoms with Crippen molar-refractivity contribution in [3.63, 3.8) is 0 Å². The highest BCUT2D eigenvalue weighted by Crippen LogP contribution is 2.71. The molecule has 0 aliphatic heterocycles. The van der Waals surface area contributed by atoms with Gasteiger partial charge in [-0.2, -0.15) is 0 Å². The second-order valence-corrected chi connectivity index (χ2v) is 8.13. The number of hydrogen-bond donors (Lipinski definition) is 1. The predicted molar refractivity (Wildman–Crippen MR) is 85.3 cm³/mol. The molecule has 1 aromatic carbocycles. The van der Waals surface area contributed by atoms with Crippen molar-refractivity contribution >= 4 is 0 Å². The summed E-state index contributed by atoms with van der Waals surface area (Å²) in [4.78, 5) is 0. The van der Waals surface area contributed by atoms with Crippen LogP contribution in [0.1, 0.15) is 59.4 Å². The van der Waals surface area contributed by atoms with Crippen LogP contribution in [-0.2, 0) is 5.60 Å². The second-order valence-electron chi connectivity index (χ2n) is 8.13. The summed E-state index contributed by atoms with van der Waals surface area (Å²) in [5.74, 6) is 1.47. The Kier molecular flexibility index (Phi) is 3.18. The molecule has 2 fully saturated rings. The second kappa shape index (κ2) is 4.49. The molecule has 2 aliphatic carbocycles. The molecular formula is C19H28O2. The zero-order valence-corrected chi connectivity index (χ0v) is 13.9. The molecule has 21 heavy (non-hydrogen) atoms. The number of fused-ring (bicyclic) bond motifs is 2. The summed E-state index contributed by atoms with van der Waals surface area (Å²) in [5, 5.41) is 11.7. The smallest absolute Gasteiger partial charge is 0.120 e. The maximum absolute atomic E-state index is 11.7. The molecule has 1 aromatic rings. The first kappa shape index (κ1) is 14.9. The van der Waals surface area contributed by atoms with Gasteiger partial charge in [-0.25, -0.2) is 0 Å². The zero-order chi connectivity index (χ0) is 15.5. The van der Waals surface area contributed by atoms with Gasteiger partial charge in [-0.1, -0.05) is 32.9 Å². The first-order chi connectivity index (χ1) is 9.71. The number of hydrogen-bond acceptors (Lipinski definition) is 2. The Labute approximate surface area is 128 Å². The summed E-state index contributed by atoms with van der Waals surface area (Å²) in [6, 6.07) is 8.11. The van der Waals surface area contributed by atoms with Crippen LogP contribution in [0.3, 0.4) is 0 Å². The Hall–Kier alpha value is -1.02. The number of benzene rings is 1. The molecule has 2 heteroatoms. The Morgan fingerprint density at radius 1 is 1.24 bits per heavy atom. The SMILES string of the molecule is CC(C)Oc1cccc(C2(O)C3(C)CCC(C3)C2(C)C)c1. The molecule has 2 aliphatic rings. The van der Waals surface area contributed by atoms with E-state index >= 15 is 0 Å². The van der Waals surface area contributed by atoms with Gasteiger partial charge in [-0.05, 0) is 56.7 Å².